The number of halogens is 2. The van der Waals surface area contributed by atoms with Gasteiger partial charge in [0.05, 0.1) is 29.5 Å². The molecular weight excluding hydrogens is 847 g/mol. The minimum absolute atomic E-state index is 0.0163. The van der Waals surface area contributed by atoms with Crippen LogP contribution in [-0.4, -0.2) is 122 Å². The van der Waals surface area contributed by atoms with Gasteiger partial charge in [-0.3, -0.25) is 14.9 Å². The first kappa shape index (κ1) is 43.9. The van der Waals surface area contributed by atoms with Gasteiger partial charge in [0.15, 0.2) is 5.82 Å². The highest BCUT2D eigenvalue weighted by Crippen LogP contribution is 2.50. The predicted molar refractivity (Wildman–Crippen MR) is 243 cm³/mol. The fourth-order valence-corrected chi connectivity index (χ4v) is 9.15. The summed E-state index contributed by atoms with van der Waals surface area (Å²) in [6.45, 7) is 11.3. The van der Waals surface area contributed by atoms with Crippen molar-refractivity contribution in [3.05, 3.63) is 112 Å². The van der Waals surface area contributed by atoms with E-state index in [1.54, 1.807) is 42.6 Å². The molecule has 328 valence electrons. The number of nitrogens with zero attached hydrogens (tertiary/aromatic N) is 6. The number of rotatable bonds is 9. The van der Waals surface area contributed by atoms with E-state index >= 15 is 0 Å². The van der Waals surface area contributed by atoms with Gasteiger partial charge in [0, 0.05) is 68.4 Å². The first-order valence-corrected chi connectivity index (χ1v) is 21.9. The first-order chi connectivity index (χ1) is 30.6. The molecule has 0 radical (unpaired) electrons. The SMILES string of the molecule is C=Nc1sc(-c2ccc(F)cc2)c2c1C(=NC)O[C@@H](C(=O)O)Cc1cc(ccc1OCc1ccnc(C3=CCOCC3)n1)OC[C@@H](CN1CCN(C)CC1)Oc1ccc-2c(C)c1Cl. The van der Waals surface area contributed by atoms with Crippen LogP contribution in [0.15, 0.2) is 82.9 Å². The van der Waals surface area contributed by atoms with E-state index < -0.39 is 24.0 Å². The fraction of sp³-hybridized carbons (Fsp3) is 0.340. The molecule has 2 atom stereocenters. The van der Waals surface area contributed by atoms with Crippen molar-refractivity contribution in [3.63, 3.8) is 0 Å². The summed E-state index contributed by atoms with van der Waals surface area (Å²) in [5, 5.41) is 11.6. The van der Waals surface area contributed by atoms with Crippen molar-refractivity contribution in [3.8, 4) is 38.8 Å². The molecule has 6 heterocycles. The van der Waals surface area contributed by atoms with Crippen molar-refractivity contribution in [2.75, 3.05) is 66.6 Å². The number of carboxylic acids is 1. The summed E-state index contributed by atoms with van der Waals surface area (Å²) in [7, 11) is 3.63. The monoisotopic (exact) mass is 894 g/mol. The number of likely N-dealkylation sites (N-methyl/N-ethyl adjacent to an activating group) is 1. The Hall–Kier alpha value is -5.71. The number of aliphatic carboxylic acids is 1. The third kappa shape index (κ3) is 10.1. The number of aromatic nitrogens is 2. The van der Waals surface area contributed by atoms with E-state index in [0.717, 1.165) is 31.8 Å². The van der Waals surface area contributed by atoms with E-state index in [1.807, 2.05) is 25.1 Å². The summed E-state index contributed by atoms with van der Waals surface area (Å²) >= 11 is 8.53. The number of carbonyl (C=O) groups is 1. The highest BCUT2D eigenvalue weighted by molar-refractivity contribution is 7.20. The van der Waals surface area contributed by atoms with Crippen LogP contribution in [-0.2, 0) is 27.3 Å². The molecule has 13 nitrogen and oxygen atoms in total. The van der Waals surface area contributed by atoms with Gasteiger partial charge < -0.3 is 33.7 Å². The van der Waals surface area contributed by atoms with Crippen molar-refractivity contribution in [1.82, 2.24) is 19.8 Å². The summed E-state index contributed by atoms with van der Waals surface area (Å²) in [5.74, 6) is 0.386. The average Bonchev–Trinajstić information content (AvgIpc) is 3.68. The Morgan fingerprint density at radius 1 is 1.08 bits per heavy atom. The molecule has 4 aliphatic heterocycles. The number of aliphatic imine (C=N–C) groups is 2. The lowest BCUT2D eigenvalue weighted by Gasteiger charge is -2.34. The number of carboxylic acid groups (broad SMARTS) is 1. The quantitative estimate of drug-likeness (QED) is 0.143. The molecule has 0 aliphatic carbocycles. The second-order valence-corrected chi connectivity index (χ2v) is 16.9. The molecule has 1 saturated heterocycles. The standard InChI is InChI=1S/C47H48ClFN6O7S/c1-28-36-10-12-38(42(28)48)61-35(25-55-19-17-54(4)18-20-55)27-59-34-9-11-37(60-26-33-13-16-52-44(53-33)30-14-21-58-22-15-30)31(23-34)24-39(47(56)57)62-45(50-2)41-40(36)43(63-46(41)51-3)29-5-7-32(49)8-6-29/h5-14,16,23,35,39H,3,15,17-22,24-27H2,1-2,4H3,(H,56,57)/t35-,39-/m1/s1. The van der Waals surface area contributed by atoms with Gasteiger partial charge in [0.25, 0.3) is 0 Å². The molecule has 0 unspecified atom stereocenters. The summed E-state index contributed by atoms with van der Waals surface area (Å²) < 4.78 is 45.8. The van der Waals surface area contributed by atoms with Crippen LogP contribution in [0.5, 0.6) is 17.2 Å². The third-order valence-electron chi connectivity index (χ3n) is 11.3. The van der Waals surface area contributed by atoms with E-state index in [-0.39, 0.29) is 25.5 Å². The molecule has 9 rings (SSSR count). The summed E-state index contributed by atoms with van der Waals surface area (Å²) in [6, 6.07) is 17.0. The molecule has 5 aromatic rings. The van der Waals surface area contributed by atoms with Crippen molar-refractivity contribution in [2.45, 2.75) is 38.6 Å². The Kier molecular flexibility index (Phi) is 13.8. The minimum atomic E-state index is -1.46. The molecule has 4 aliphatic rings. The van der Waals surface area contributed by atoms with E-state index in [9.17, 15) is 14.3 Å². The van der Waals surface area contributed by atoms with Crippen LogP contribution in [0.25, 0.3) is 27.1 Å². The zero-order chi connectivity index (χ0) is 44.0. The number of hydrogen-bond donors (Lipinski definition) is 1. The molecule has 4 bridgehead atoms. The molecule has 3 aromatic carbocycles. The maximum Gasteiger partial charge on any atom is 0.345 e. The summed E-state index contributed by atoms with van der Waals surface area (Å²) in [6.07, 6.45) is 2.35. The van der Waals surface area contributed by atoms with Gasteiger partial charge in [0.1, 0.15) is 47.4 Å². The van der Waals surface area contributed by atoms with Gasteiger partial charge in [0.2, 0.25) is 12.0 Å². The molecule has 16 heteroatoms. The lowest BCUT2D eigenvalue weighted by molar-refractivity contribution is -0.145. The highest BCUT2D eigenvalue weighted by atomic mass is 35.5. The van der Waals surface area contributed by atoms with Crippen LogP contribution >= 0.6 is 22.9 Å². The Morgan fingerprint density at radius 2 is 1.89 bits per heavy atom. The molecular formula is C47H48ClFN6O7S. The van der Waals surface area contributed by atoms with Crippen LogP contribution < -0.4 is 14.2 Å². The zero-order valence-corrected chi connectivity index (χ0v) is 36.9. The van der Waals surface area contributed by atoms with E-state index in [2.05, 4.69) is 38.5 Å². The second kappa shape index (κ2) is 19.8. The lowest BCUT2D eigenvalue weighted by atomic mass is 9.94. The summed E-state index contributed by atoms with van der Waals surface area (Å²) in [5.41, 5.74) is 5.29. The third-order valence-corrected chi connectivity index (χ3v) is 12.9. The van der Waals surface area contributed by atoms with Crippen molar-refractivity contribution >= 4 is 52.1 Å². The van der Waals surface area contributed by atoms with Crippen molar-refractivity contribution in [2.24, 2.45) is 9.98 Å². The lowest BCUT2D eigenvalue weighted by Crippen LogP contribution is -2.49. The second-order valence-electron chi connectivity index (χ2n) is 15.5. The predicted octanol–water partition coefficient (Wildman–Crippen LogP) is 8.16. The minimum Gasteiger partial charge on any atom is -0.490 e. The topological polar surface area (TPSA) is 140 Å². The number of hydrogen-bond acceptors (Lipinski definition) is 13. The molecule has 1 fully saturated rings. The van der Waals surface area contributed by atoms with Crippen LogP contribution in [0.1, 0.15) is 34.6 Å². The molecule has 1 N–H and O–H groups in total. The molecule has 63 heavy (non-hydrogen) atoms. The maximum atomic E-state index is 14.3. The van der Waals surface area contributed by atoms with Crippen molar-refractivity contribution in [1.29, 1.82) is 0 Å². The van der Waals surface area contributed by atoms with E-state index in [4.69, 9.17) is 40.3 Å². The Labute approximate surface area is 374 Å². The molecule has 0 spiro atoms. The fourth-order valence-electron chi connectivity index (χ4n) is 7.82. The number of piperazine rings is 1. The summed E-state index contributed by atoms with van der Waals surface area (Å²) in [4.78, 5) is 36.7. The Morgan fingerprint density at radius 3 is 2.62 bits per heavy atom. The van der Waals surface area contributed by atoms with Gasteiger partial charge in [-0.2, -0.15) is 0 Å². The molecule has 2 aromatic heterocycles. The van der Waals surface area contributed by atoms with Gasteiger partial charge in [-0.15, -0.1) is 11.3 Å². The number of thiophene rings is 1. The maximum absolute atomic E-state index is 14.3. The van der Waals surface area contributed by atoms with Crippen LogP contribution in [0.3, 0.4) is 0 Å². The average molecular weight is 895 g/mol. The molecule has 0 amide bonds. The zero-order valence-electron chi connectivity index (χ0n) is 35.3. The number of fused-ring (bicyclic) bond motifs is 8. The van der Waals surface area contributed by atoms with Crippen LogP contribution in [0.2, 0.25) is 5.02 Å². The van der Waals surface area contributed by atoms with E-state index in [1.165, 1.54) is 30.5 Å². The van der Waals surface area contributed by atoms with Gasteiger partial charge in [-0.25, -0.2) is 19.2 Å². The Balaban J connectivity index is 1.22. The van der Waals surface area contributed by atoms with Crippen molar-refractivity contribution < 1.29 is 38.0 Å². The normalized spacial score (nSPS) is 19.3. The van der Waals surface area contributed by atoms with Gasteiger partial charge >= 0.3 is 5.97 Å². The van der Waals surface area contributed by atoms with Crippen LogP contribution in [0, 0.1) is 12.7 Å². The Bertz CT molecular complexity index is 2540. The van der Waals surface area contributed by atoms with Gasteiger partial charge in [-0.1, -0.05) is 35.9 Å². The molecule has 0 saturated carbocycles. The largest absolute Gasteiger partial charge is 0.490 e. The number of benzene rings is 3. The van der Waals surface area contributed by atoms with Crippen LogP contribution in [0.4, 0.5) is 9.39 Å². The first-order valence-electron chi connectivity index (χ1n) is 20.7. The van der Waals surface area contributed by atoms with E-state index in [0.29, 0.717) is 103 Å². The smallest absolute Gasteiger partial charge is 0.345 e. The highest BCUT2D eigenvalue weighted by Gasteiger charge is 2.32. The van der Waals surface area contributed by atoms with Gasteiger partial charge in [-0.05, 0) is 91.8 Å². The number of ether oxygens (including phenoxy) is 5.